The van der Waals surface area contributed by atoms with Crippen molar-refractivity contribution in [3.63, 3.8) is 0 Å². The standard InChI is InChI=1S/C12H19FN2O/c1-15(7-9-16-8-6-14)10-11-4-2-3-5-12(11)13/h2-5H,6-10,14H2,1H3. The fourth-order valence-electron chi connectivity index (χ4n) is 1.40. The van der Waals surface area contributed by atoms with E-state index in [1.165, 1.54) is 6.07 Å². The monoisotopic (exact) mass is 226 g/mol. The Bertz CT molecular complexity index is 307. The van der Waals surface area contributed by atoms with Gasteiger partial charge in [0.1, 0.15) is 5.82 Å². The van der Waals surface area contributed by atoms with Gasteiger partial charge >= 0.3 is 0 Å². The fourth-order valence-corrected chi connectivity index (χ4v) is 1.40. The number of likely N-dealkylation sites (N-methyl/N-ethyl adjacent to an activating group) is 1. The van der Waals surface area contributed by atoms with Gasteiger partial charge in [-0.05, 0) is 13.1 Å². The van der Waals surface area contributed by atoms with Gasteiger partial charge in [0.25, 0.3) is 0 Å². The van der Waals surface area contributed by atoms with Crippen LogP contribution < -0.4 is 5.73 Å². The number of halogens is 1. The second-order valence-corrected chi connectivity index (χ2v) is 3.73. The predicted octanol–water partition coefficient (Wildman–Crippen LogP) is 1.23. The van der Waals surface area contributed by atoms with Crippen molar-refractivity contribution in [3.8, 4) is 0 Å². The van der Waals surface area contributed by atoms with E-state index in [9.17, 15) is 4.39 Å². The van der Waals surface area contributed by atoms with Crippen molar-refractivity contribution in [1.82, 2.24) is 4.90 Å². The van der Waals surface area contributed by atoms with Crippen molar-refractivity contribution in [1.29, 1.82) is 0 Å². The molecule has 1 aromatic rings. The normalized spacial score (nSPS) is 11.0. The fraction of sp³-hybridized carbons (Fsp3) is 0.500. The molecular weight excluding hydrogens is 207 g/mol. The van der Waals surface area contributed by atoms with Gasteiger partial charge in [0.2, 0.25) is 0 Å². The molecule has 0 radical (unpaired) electrons. The quantitative estimate of drug-likeness (QED) is 0.711. The first-order valence-corrected chi connectivity index (χ1v) is 5.44. The van der Waals surface area contributed by atoms with Crippen LogP contribution in [0, 0.1) is 5.82 Å². The molecule has 0 aromatic heterocycles. The van der Waals surface area contributed by atoms with E-state index in [-0.39, 0.29) is 5.82 Å². The van der Waals surface area contributed by atoms with Gasteiger partial charge in [0, 0.05) is 25.2 Å². The highest BCUT2D eigenvalue weighted by atomic mass is 19.1. The summed E-state index contributed by atoms with van der Waals surface area (Å²) < 4.78 is 18.6. The van der Waals surface area contributed by atoms with Crippen molar-refractivity contribution in [2.75, 3.05) is 33.4 Å². The van der Waals surface area contributed by atoms with Gasteiger partial charge in [-0.15, -0.1) is 0 Å². The van der Waals surface area contributed by atoms with E-state index in [0.717, 1.165) is 6.54 Å². The number of nitrogens with zero attached hydrogens (tertiary/aromatic N) is 1. The van der Waals surface area contributed by atoms with Crippen molar-refractivity contribution in [2.45, 2.75) is 6.54 Å². The molecule has 0 saturated heterocycles. The molecule has 4 heteroatoms. The summed E-state index contributed by atoms with van der Waals surface area (Å²) in [7, 11) is 1.94. The molecule has 0 atom stereocenters. The average Bonchev–Trinajstić information content (AvgIpc) is 2.28. The Hall–Kier alpha value is -0.970. The Balaban J connectivity index is 2.28. The zero-order valence-corrected chi connectivity index (χ0v) is 9.66. The summed E-state index contributed by atoms with van der Waals surface area (Å²) in [4.78, 5) is 2.02. The van der Waals surface area contributed by atoms with Crippen molar-refractivity contribution in [2.24, 2.45) is 5.73 Å². The average molecular weight is 226 g/mol. The summed E-state index contributed by atoms with van der Waals surface area (Å²) in [5, 5.41) is 0. The van der Waals surface area contributed by atoms with E-state index in [2.05, 4.69) is 0 Å². The molecule has 0 bridgehead atoms. The first-order chi connectivity index (χ1) is 7.74. The van der Waals surface area contributed by atoms with Gasteiger partial charge < -0.3 is 10.5 Å². The molecule has 0 aliphatic rings. The second-order valence-electron chi connectivity index (χ2n) is 3.73. The Morgan fingerprint density at radius 2 is 2.06 bits per heavy atom. The van der Waals surface area contributed by atoms with E-state index in [1.807, 2.05) is 18.0 Å². The summed E-state index contributed by atoms with van der Waals surface area (Å²) >= 11 is 0. The van der Waals surface area contributed by atoms with Crippen LogP contribution in [0.2, 0.25) is 0 Å². The van der Waals surface area contributed by atoms with Crippen LogP contribution in [-0.2, 0) is 11.3 Å². The maximum atomic E-state index is 13.3. The Kier molecular flexibility index (Phi) is 6.00. The summed E-state index contributed by atoms with van der Waals surface area (Å²) in [5.41, 5.74) is 6.01. The third kappa shape index (κ3) is 4.70. The SMILES string of the molecule is CN(CCOCCN)Cc1ccccc1F. The smallest absolute Gasteiger partial charge is 0.127 e. The number of hydrogen-bond donors (Lipinski definition) is 1. The van der Waals surface area contributed by atoms with E-state index in [0.29, 0.717) is 31.9 Å². The van der Waals surface area contributed by atoms with Crippen LogP contribution in [0.1, 0.15) is 5.56 Å². The van der Waals surface area contributed by atoms with E-state index < -0.39 is 0 Å². The van der Waals surface area contributed by atoms with E-state index in [1.54, 1.807) is 12.1 Å². The molecule has 90 valence electrons. The maximum absolute atomic E-state index is 13.3. The molecule has 0 fully saturated rings. The zero-order valence-electron chi connectivity index (χ0n) is 9.66. The highest BCUT2D eigenvalue weighted by molar-refractivity contribution is 5.16. The van der Waals surface area contributed by atoms with Gasteiger partial charge in [0.15, 0.2) is 0 Å². The number of rotatable bonds is 7. The lowest BCUT2D eigenvalue weighted by atomic mass is 10.2. The third-order valence-electron chi connectivity index (χ3n) is 2.28. The van der Waals surface area contributed by atoms with Crippen LogP contribution in [0.5, 0.6) is 0 Å². The predicted molar refractivity (Wildman–Crippen MR) is 62.6 cm³/mol. The van der Waals surface area contributed by atoms with Crippen LogP contribution in [0.4, 0.5) is 4.39 Å². The number of benzene rings is 1. The minimum atomic E-state index is -0.155. The van der Waals surface area contributed by atoms with Crippen LogP contribution in [0.3, 0.4) is 0 Å². The first-order valence-electron chi connectivity index (χ1n) is 5.44. The van der Waals surface area contributed by atoms with E-state index in [4.69, 9.17) is 10.5 Å². The van der Waals surface area contributed by atoms with Crippen LogP contribution in [0.25, 0.3) is 0 Å². The molecular formula is C12H19FN2O. The largest absolute Gasteiger partial charge is 0.379 e. The highest BCUT2D eigenvalue weighted by Gasteiger charge is 2.04. The van der Waals surface area contributed by atoms with Gasteiger partial charge in [-0.1, -0.05) is 18.2 Å². The Morgan fingerprint density at radius 1 is 1.31 bits per heavy atom. The number of ether oxygens (including phenoxy) is 1. The molecule has 0 amide bonds. The lowest BCUT2D eigenvalue weighted by Crippen LogP contribution is -2.24. The molecule has 0 aliphatic heterocycles. The second kappa shape index (κ2) is 7.33. The van der Waals surface area contributed by atoms with Gasteiger partial charge in [-0.25, -0.2) is 4.39 Å². The van der Waals surface area contributed by atoms with Gasteiger partial charge in [-0.3, -0.25) is 4.90 Å². The van der Waals surface area contributed by atoms with Crippen molar-refractivity contribution in [3.05, 3.63) is 35.6 Å². The first kappa shape index (κ1) is 13.1. The highest BCUT2D eigenvalue weighted by Crippen LogP contribution is 2.08. The number of hydrogen-bond acceptors (Lipinski definition) is 3. The molecule has 1 rings (SSSR count). The lowest BCUT2D eigenvalue weighted by molar-refractivity contribution is 0.115. The van der Waals surface area contributed by atoms with Crippen LogP contribution in [0.15, 0.2) is 24.3 Å². The van der Waals surface area contributed by atoms with Gasteiger partial charge in [-0.2, -0.15) is 0 Å². The third-order valence-corrected chi connectivity index (χ3v) is 2.28. The molecule has 0 heterocycles. The molecule has 0 aliphatic carbocycles. The molecule has 2 N–H and O–H groups in total. The van der Waals surface area contributed by atoms with Gasteiger partial charge in [0.05, 0.1) is 13.2 Å². The Morgan fingerprint density at radius 3 is 2.75 bits per heavy atom. The molecule has 0 unspecified atom stereocenters. The minimum Gasteiger partial charge on any atom is -0.379 e. The topological polar surface area (TPSA) is 38.5 Å². The molecule has 1 aromatic carbocycles. The van der Waals surface area contributed by atoms with E-state index >= 15 is 0 Å². The van der Waals surface area contributed by atoms with Crippen LogP contribution in [-0.4, -0.2) is 38.3 Å². The Labute approximate surface area is 96.0 Å². The lowest BCUT2D eigenvalue weighted by Gasteiger charge is -2.16. The molecule has 0 spiro atoms. The minimum absolute atomic E-state index is 0.155. The summed E-state index contributed by atoms with van der Waals surface area (Å²) in [6.45, 7) is 3.11. The summed E-state index contributed by atoms with van der Waals surface area (Å²) in [5.74, 6) is -0.155. The summed E-state index contributed by atoms with van der Waals surface area (Å²) in [6, 6.07) is 6.82. The molecule has 16 heavy (non-hydrogen) atoms. The van der Waals surface area contributed by atoms with Crippen molar-refractivity contribution < 1.29 is 9.13 Å². The maximum Gasteiger partial charge on any atom is 0.127 e. The summed E-state index contributed by atoms with van der Waals surface area (Å²) in [6.07, 6.45) is 0. The van der Waals surface area contributed by atoms with Crippen molar-refractivity contribution >= 4 is 0 Å². The number of nitrogens with two attached hydrogens (primary N) is 1. The molecule has 3 nitrogen and oxygen atoms in total. The molecule has 0 saturated carbocycles. The van der Waals surface area contributed by atoms with Crippen LogP contribution >= 0.6 is 0 Å². The zero-order chi connectivity index (χ0) is 11.8.